The van der Waals surface area contributed by atoms with Gasteiger partial charge in [-0.05, 0) is 31.0 Å². The monoisotopic (exact) mass is 369 g/mol. The maximum Gasteiger partial charge on any atom is 0.133 e. The predicted octanol–water partition coefficient (Wildman–Crippen LogP) is 1.19. The molecule has 0 radical (unpaired) electrons. The molecular formula is C21H31N5O. The molecule has 0 bridgehead atoms. The Morgan fingerprint density at radius 1 is 1.11 bits per heavy atom. The molecule has 6 nitrogen and oxygen atoms in total. The van der Waals surface area contributed by atoms with E-state index in [9.17, 15) is 5.11 Å². The van der Waals surface area contributed by atoms with E-state index in [2.05, 4.69) is 45.9 Å². The molecule has 0 unspecified atom stereocenters. The number of aliphatic hydroxyl groups excluding tert-OH is 1. The average molecular weight is 370 g/mol. The number of aromatic nitrogens is 1. The van der Waals surface area contributed by atoms with Crippen LogP contribution in [-0.2, 0) is 6.54 Å². The zero-order chi connectivity index (χ0) is 18.8. The Labute approximate surface area is 161 Å². The van der Waals surface area contributed by atoms with Crippen molar-refractivity contribution < 1.29 is 5.11 Å². The van der Waals surface area contributed by atoms with Crippen molar-refractivity contribution in [2.24, 2.45) is 5.73 Å². The fourth-order valence-corrected chi connectivity index (χ4v) is 4.27. The minimum absolute atomic E-state index is 0.230. The number of hydrogen-bond acceptors (Lipinski definition) is 6. The van der Waals surface area contributed by atoms with Crippen LogP contribution in [0.3, 0.4) is 0 Å². The van der Waals surface area contributed by atoms with Gasteiger partial charge in [-0.3, -0.25) is 9.80 Å². The number of nitrogens with zero attached hydrogens (tertiary/aromatic N) is 4. The van der Waals surface area contributed by atoms with Crippen molar-refractivity contribution in [3.8, 4) is 0 Å². The summed E-state index contributed by atoms with van der Waals surface area (Å²) in [6.07, 6.45) is 1.08. The van der Waals surface area contributed by atoms with E-state index < -0.39 is 0 Å². The zero-order valence-corrected chi connectivity index (χ0v) is 16.3. The molecule has 0 aliphatic carbocycles. The molecule has 6 heteroatoms. The van der Waals surface area contributed by atoms with Crippen LogP contribution in [0.25, 0.3) is 10.9 Å². The first kappa shape index (κ1) is 18.6. The summed E-state index contributed by atoms with van der Waals surface area (Å²) < 4.78 is 0. The van der Waals surface area contributed by atoms with E-state index in [1.807, 2.05) is 0 Å². The van der Waals surface area contributed by atoms with Gasteiger partial charge in [0.2, 0.25) is 0 Å². The summed E-state index contributed by atoms with van der Waals surface area (Å²) in [7, 11) is 0. The van der Waals surface area contributed by atoms with Gasteiger partial charge < -0.3 is 15.7 Å². The van der Waals surface area contributed by atoms with Crippen LogP contribution in [-0.4, -0.2) is 78.4 Å². The van der Waals surface area contributed by atoms with Gasteiger partial charge in [-0.2, -0.15) is 0 Å². The lowest BCUT2D eigenvalue weighted by atomic mass is 10.1. The van der Waals surface area contributed by atoms with Crippen LogP contribution in [0.1, 0.15) is 17.5 Å². The van der Waals surface area contributed by atoms with Gasteiger partial charge >= 0.3 is 0 Å². The van der Waals surface area contributed by atoms with Gasteiger partial charge in [0.25, 0.3) is 0 Å². The Kier molecular flexibility index (Phi) is 5.59. The summed E-state index contributed by atoms with van der Waals surface area (Å²) in [6.45, 7) is 9.92. The Hall–Kier alpha value is -1.73. The molecule has 1 aromatic heterocycles. The quantitative estimate of drug-likeness (QED) is 0.825. The second kappa shape index (κ2) is 8.10. The van der Waals surface area contributed by atoms with Crippen LogP contribution in [0.4, 0.5) is 5.82 Å². The van der Waals surface area contributed by atoms with Crippen molar-refractivity contribution in [1.29, 1.82) is 0 Å². The number of aliphatic hydroxyl groups is 1. The maximum atomic E-state index is 9.19. The fraction of sp³-hybridized carbons (Fsp3) is 0.571. The number of likely N-dealkylation sites (tertiary alicyclic amines) is 1. The normalized spacial score (nSPS) is 22.0. The molecule has 2 aromatic rings. The lowest BCUT2D eigenvalue weighted by Gasteiger charge is -2.36. The first-order valence-corrected chi connectivity index (χ1v) is 10.1. The number of β-amino-alcohol motifs (C(OH)–C–C–N with tert-alkyl or cyclic N) is 1. The summed E-state index contributed by atoms with van der Waals surface area (Å²) in [5.74, 6) is 1.12. The number of anilines is 1. The van der Waals surface area contributed by atoms with Crippen LogP contribution in [0.5, 0.6) is 0 Å². The maximum absolute atomic E-state index is 9.19. The van der Waals surface area contributed by atoms with Crippen molar-refractivity contribution in [1.82, 2.24) is 14.8 Å². The van der Waals surface area contributed by atoms with E-state index in [-0.39, 0.29) is 6.61 Å². The topological polar surface area (TPSA) is 68.9 Å². The lowest BCUT2D eigenvalue weighted by Crippen LogP contribution is -2.47. The minimum Gasteiger partial charge on any atom is -0.395 e. The molecule has 146 valence electrons. The molecule has 3 heterocycles. The number of fused-ring (bicyclic) bond motifs is 1. The van der Waals surface area contributed by atoms with E-state index in [0.29, 0.717) is 6.04 Å². The first-order chi connectivity index (χ1) is 13.1. The highest BCUT2D eigenvalue weighted by molar-refractivity contribution is 5.82. The van der Waals surface area contributed by atoms with Gasteiger partial charge in [-0.25, -0.2) is 4.98 Å². The van der Waals surface area contributed by atoms with E-state index in [4.69, 9.17) is 10.7 Å². The van der Waals surface area contributed by atoms with Crippen molar-refractivity contribution in [3.63, 3.8) is 0 Å². The van der Waals surface area contributed by atoms with Gasteiger partial charge in [0.05, 0.1) is 12.1 Å². The highest BCUT2D eigenvalue weighted by atomic mass is 16.3. The Morgan fingerprint density at radius 2 is 1.93 bits per heavy atom. The van der Waals surface area contributed by atoms with Crippen LogP contribution >= 0.6 is 0 Å². The fourth-order valence-electron chi connectivity index (χ4n) is 4.27. The third-order valence-corrected chi connectivity index (χ3v) is 5.82. The third kappa shape index (κ3) is 4.24. The summed E-state index contributed by atoms with van der Waals surface area (Å²) >= 11 is 0. The predicted molar refractivity (Wildman–Crippen MR) is 110 cm³/mol. The van der Waals surface area contributed by atoms with Gasteiger partial charge in [0, 0.05) is 69.3 Å². The highest BCUT2D eigenvalue weighted by Gasteiger charge is 2.24. The molecule has 4 rings (SSSR count). The number of rotatable bonds is 5. The van der Waals surface area contributed by atoms with Crippen molar-refractivity contribution in [3.05, 3.63) is 35.4 Å². The van der Waals surface area contributed by atoms with E-state index >= 15 is 0 Å². The minimum atomic E-state index is 0.230. The zero-order valence-electron chi connectivity index (χ0n) is 16.3. The summed E-state index contributed by atoms with van der Waals surface area (Å²) in [5, 5.41) is 10.4. The van der Waals surface area contributed by atoms with Crippen LogP contribution in [0.15, 0.2) is 24.3 Å². The molecule has 1 atom stereocenters. The number of hydrogen-bond donors (Lipinski definition) is 2. The van der Waals surface area contributed by atoms with Gasteiger partial charge in [-0.15, -0.1) is 0 Å². The SMILES string of the molecule is Cc1ccc2cc(CN3CC[C@@H](N)C3)c(N3CCN(CCO)CC3)nc2c1. The molecule has 2 fully saturated rings. The average Bonchev–Trinajstić information content (AvgIpc) is 3.07. The summed E-state index contributed by atoms with van der Waals surface area (Å²) in [5.41, 5.74) is 9.74. The molecule has 27 heavy (non-hydrogen) atoms. The van der Waals surface area contributed by atoms with Crippen molar-refractivity contribution in [2.75, 3.05) is 57.3 Å². The molecule has 2 aliphatic heterocycles. The van der Waals surface area contributed by atoms with E-state index in [0.717, 1.165) is 70.1 Å². The largest absolute Gasteiger partial charge is 0.395 e. The molecule has 3 N–H and O–H groups in total. The second-order valence-corrected chi connectivity index (χ2v) is 8.00. The van der Waals surface area contributed by atoms with Gasteiger partial charge in [-0.1, -0.05) is 12.1 Å². The number of nitrogens with two attached hydrogens (primary N) is 1. The third-order valence-electron chi connectivity index (χ3n) is 5.82. The first-order valence-electron chi connectivity index (χ1n) is 10.1. The van der Waals surface area contributed by atoms with E-state index in [1.165, 1.54) is 16.5 Å². The van der Waals surface area contributed by atoms with Gasteiger partial charge in [0.15, 0.2) is 0 Å². The Morgan fingerprint density at radius 3 is 2.63 bits per heavy atom. The van der Waals surface area contributed by atoms with Crippen LogP contribution < -0.4 is 10.6 Å². The Balaban J connectivity index is 1.62. The van der Waals surface area contributed by atoms with Crippen LogP contribution in [0, 0.1) is 6.92 Å². The summed E-state index contributed by atoms with van der Waals surface area (Å²) in [4.78, 5) is 12.3. The number of piperazine rings is 1. The highest BCUT2D eigenvalue weighted by Crippen LogP contribution is 2.27. The molecule has 0 saturated carbocycles. The number of pyridine rings is 1. The van der Waals surface area contributed by atoms with Crippen LogP contribution in [0.2, 0.25) is 0 Å². The lowest BCUT2D eigenvalue weighted by molar-refractivity contribution is 0.188. The molecule has 2 aliphatic rings. The van der Waals surface area contributed by atoms with Gasteiger partial charge in [0.1, 0.15) is 5.82 Å². The van der Waals surface area contributed by atoms with E-state index in [1.54, 1.807) is 0 Å². The molecule has 0 spiro atoms. The molecule has 1 aromatic carbocycles. The standard InChI is InChI=1S/C21H31N5O/c1-16-2-3-17-13-18(14-25-5-4-19(22)15-25)21(23-20(17)12-16)26-8-6-24(7-9-26)10-11-27/h2-3,12-13,19,27H,4-11,14-15,22H2,1H3/t19-/m1/s1. The molecule has 2 saturated heterocycles. The summed E-state index contributed by atoms with van der Waals surface area (Å²) in [6, 6.07) is 9.14. The molecular weight excluding hydrogens is 338 g/mol. The second-order valence-electron chi connectivity index (χ2n) is 8.00. The number of benzene rings is 1. The molecule has 0 amide bonds. The van der Waals surface area contributed by atoms with Crippen molar-refractivity contribution >= 4 is 16.7 Å². The smallest absolute Gasteiger partial charge is 0.133 e. The Bertz CT molecular complexity index is 787. The number of aryl methyl sites for hydroxylation is 1. The van der Waals surface area contributed by atoms with Crippen molar-refractivity contribution in [2.45, 2.75) is 25.9 Å².